The van der Waals surface area contributed by atoms with Crippen LogP contribution in [-0.2, 0) is 17.6 Å². The molecule has 0 atom stereocenters. The van der Waals surface area contributed by atoms with Gasteiger partial charge >= 0.3 is 0 Å². The number of nitrogens with zero attached hydrogens (tertiary/aromatic N) is 2. The zero-order valence-electron chi connectivity index (χ0n) is 13.5. The third-order valence-electron chi connectivity index (χ3n) is 3.04. The van der Waals surface area contributed by atoms with Crippen molar-refractivity contribution in [3.63, 3.8) is 0 Å². The number of hydrogen-bond acceptors (Lipinski definition) is 4. The molecule has 0 unspecified atom stereocenters. The third-order valence-corrected chi connectivity index (χ3v) is 4.24. The predicted octanol–water partition coefficient (Wildman–Crippen LogP) is 2.46. The maximum absolute atomic E-state index is 5.37. The van der Waals surface area contributed by atoms with Crippen molar-refractivity contribution in [3.8, 4) is 0 Å². The van der Waals surface area contributed by atoms with Crippen molar-refractivity contribution < 1.29 is 4.74 Å². The molecule has 0 aliphatic rings. The average Bonchev–Trinajstić information content (AvgIpc) is 2.90. The molecule has 0 spiro atoms. The minimum atomic E-state index is -0.205. The predicted molar refractivity (Wildman–Crippen MR) is 101 cm³/mol. The standard InChI is InChI=1S/C14H26N4OS.HI/c1-6-11-9-17-12(20-11)7-8-16-13(15-4)18-10-14(2,3)19-5;/h9H,6-8,10H2,1-5H3,(H2,15,16,18);1H. The fourth-order valence-corrected chi connectivity index (χ4v) is 2.37. The lowest BCUT2D eigenvalue weighted by molar-refractivity contribution is 0.0268. The summed E-state index contributed by atoms with van der Waals surface area (Å²) in [7, 11) is 3.49. The van der Waals surface area contributed by atoms with E-state index < -0.39 is 0 Å². The molecule has 2 N–H and O–H groups in total. The van der Waals surface area contributed by atoms with Gasteiger partial charge < -0.3 is 15.4 Å². The lowest BCUT2D eigenvalue weighted by Gasteiger charge is -2.24. The van der Waals surface area contributed by atoms with E-state index in [4.69, 9.17) is 4.74 Å². The Hall–Kier alpha value is -0.410. The molecule has 0 amide bonds. The van der Waals surface area contributed by atoms with Crippen LogP contribution in [0.3, 0.4) is 0 Å². The molecule has 7 heteroatoms. The largest absolute Gasteiger partial charge is 0.377 e. The van der Waals surface area contributed by atoms with Gasteiger partial charge in [0.2, 0.25) is 0 Å². The van der Waals surface area contributed by atoms with Crippen LogP contribution in [0.1, 0.15) is 30.7 Å². The van der Waals surface area contributed by atoms with Gasteiger partial charge in [-0.05, 0) is 20.3 Å². The summed E-state index contributed by atoms with van der Waals surface area (Å²) in [6, 6.07) is 0. The molecule has 0 saturated heterocycles. The molecule has 122 valence electrons. The van der Waals surface area contributed by atoms with Gasteiger partial charge in [0.25, 0.3) is 0 Å². The van der Waals surface area contributed by atoms with E-state index in [0.29, 0.717) is 6.54 Å². The number of halogens is 1. The van der Waals surface area contributed by atoms with Crippen molar-refractivity contribution in [2.45, 2.75) is 39.2 Å². The molecule has 1 aromatic heterocycles. The van der Waals surface area contributed by atoms with E-state index in [9.17, 15) is 0 Å². The normalized spacial score (nSPS) is 12.0. The first-order valence-corrected chi connectivity index (χ1v) is 7.75. The molecular formula is C14H27IN4OS. The Morgan fingerprint density at radius 1 is 1.43 bits per heavy atom. The number of nitrogens with one attached hydrogen (secondary N) is 2. The maximum Gasteiger partial charge on any atom is 0.191 e. The molecule has 0 aromatic carbocycles. The molecule has 0 fully saturated rings. The highest BCUT2D eigenvalue weighted by Crippen LogP contribution is 2.13. The van der Waals surface area contributed by atoms with E-state index >= 15 is 0 Å². The van der Waals surface area contributed by atoms with E-state index in [1.165, 1.54) is 9.88 Å². The lowest BCUT2D eigenvalue weighted by atomic mass is 10.1. The summed E-state index contributed by atoms with van der Waals surface area (Å²) in [4.78, 5) is 9.94. The number of guanidine groups is 1. The Bertz CT molecular complexity index is 434. The van der Waals surface area contributed by atoms with Crippen molar-refractivity contribution in [1.82, 2.24) is 15.6 Å². The topological polar surface area (TPSA) is 58.5 Å². The first kappa shape index (κ1) is 20.6. The fraction of sp³-hybridized carbons (Fsp3) is 0.714. The molecule has 0 aliphatic carbocycles. The number of aliphatic imine (C=N–C) groups is 1. The molecule has 1 aromatic rings. The molecule has 0 radical (unpaired) electrons. The van der Waals surface area contributed by atoms with Crippen LogP contribution in [-0.4, -0.2) is 43.8 Å². The first-order chi connectivity index (χ1) is 9.50. The minimum absolute atomic E-state index is 0. The lowest BCUT2D eigenvalue weighted by Crippen LogP contribution is -2.45. The Labute approximate surface area is 149 Å². The zero-order valence-corrected chi connectivity index (χ0v) is 16.7. The molecule has 1 rings (SSSR count). The second-order valence-electron chi connectivity index (χ2n) is 5.14. The monoisotopic (exact) mass is 426 g/mol. The van der Waals surface area contributed by atoms with Gasteiger partial charge in [-0.3, -0.25) is 4.99 Å². The van der Waals surface area contributed by atoms with E-state index in [1.54, 1.807) is 25.5 Å². The van der Waals surface area contributed by atoms with E-state index in [1.807, 2.05) is 20.0 Å². The van der Waals surface area contributed by atoms with Crippen LogP contribution in [0.25, 0.3) is 0 Å². The summed E-state index contributed by atoms with van der Waals surface area (Å²) < 4.78 is 5.37. The summed E-state index contributed by atoms with van der Waals surface area (Å²) in [6.07, 6.45) is 3.94. The second kappa shape index (κ2) is 10.3. The van der Waals surface area contributed by atoms with Crippen LogP contribution in [0, 0.1) is 0 Å². The number of hydrogen-bond donors (Lipinski definition) is 2. The molecule has 1 heterocycles. The van der Waals surface area contributed by atoms with Crippen molar-refractivity contribution in [2.75, 3.05) is 27.2 Å². The SMILES string of the molecule is CCc1cnc(CCNC(=NC)NCC(C)(C)OC)s1.I. The van der Waals surface area contributed by atoms with Crippen LogP contribution in [0.4, 0.5) is 0 Å². The van der Waals surface area contributed by atoms with Crippen LogP contribution in [0.5, 0.6) is 0 Å². The summed E-state index contributed by atoms with van der Waals surface area (Å²) in [5.74, 6) is 0.794. The average molecular weight is 426 g/mol. The smallest absolute Gasteiger partial charge is 0.191 e. The van der Waals surface area contributed by atoms with Crippen LogP contribution in [0.2, 0.25) is 0 Å². The number of methoxy groups -OCH3 is 1. The molecular weight excluding hydrogens is 399 g/mol. The highest BCUT2D eigenvalue weighted by atomic mass is 127. The first-order valence-electron chi connectivity index (χ1n) is 6.94. The van der Waals surface area contributed by atoms with Gasteiger partial charge in [-0.15, -0.1) is 35.3 Å². The Kier molecular flexibility index (Phi) is 10.1. The van der Waals surface area contributed by atoms with E-state index in [2.05, 4.69) is 27.5 Å². The minimum Gasteiger partial charge on any atom is -0.377 e. The van der Waals surface area contributed by atoms with Gasteiger partial charge in [-0.25, -0.2) is 4.98 Å². The van der Waals surface area contributed by atoms with Gasteiger partial charge in [-0.1, -0.05) is 6.92 Å². The third kappa shape index (κ3) is 7.96. The zero-order chi connectivity index (χ0) is 15.0. The Morgan fingerprint density at radius 3 is 2.67 bits per heavy atom. The number of aryl methyl sites for hydroxylation is 1. The fourth-order valence-electron chi connectivity index (χ4n) is 1.50. The van der Waals surface area contributed by atoms with E-state index in [0.717, 1.165) is 25.3 Å². The number of aromatic nitrogens is 1. The van der Waals surface area contributed by atoms with Crippen molar-refractivity contribution in [3.05, 3.63) is 16.1 Å². The maximum atomic E-state index is 5.37. The summed E-state index contributed by atoms with van der Waals surface area (Å²) in [5.41, 5.74) is -0.205. The van der Waals surface area contributed by atoms with Crippen LogP contribution >= 0.6 is 35.3 Å². The van der Waals surface area contributed by atoms with Gasteiger partial charge in [0.15, 0.2) is 5.96 Å². The van der Waals surface area contributed by atoms with Gasteiger partial charge in [0.05, 0.1) is 10.6 Å². The molecule has 0 aliphatic heterocycles. The quantitative estimate of drug-likeness (QED) is 0.400. The number of thiazole rings is 1. The van der Waals surface area contributed by atoms with Crippen molar-refractivity contribution >= 4 is 41.3 Å². The molecule has 5 nitrogen and oxygen atoms in total. The Morgan fingerprint density at radius 2 is 2.14 bits per heavy atom. The number of ether oxygens (including phenoxy) is 1. The summed E-state index contributed by atoms with van der Waals surface area (Å²) in [6.45, 7) is 7.76. The Balaban J connectivity index is 0.00000400. The number of rotatable bonds is 7. The van der Waals surface area contributed by atoms with Crippen LogP contribution < -0.4 is 10.6 Å². The summed E-state index contributed by atoms with van der Waals surface area (Å²) in [5, 5.41) is 7.72. The van der Waals surface area contributed by atoms with Crippen molar-refractivity contribution in [1.29, 1.82) is 0 Å². The molecule has 21 heavy (non-hydrogen) atoms. The van der Waals surface area contributed by atoms with Gasteiger partial charge in [0.1, 0.15) is 0 Å². The molecule has 0 saturated carbocycles. The highest BCUT2D eigenvalue weighted by molar-refractivity contribution is 14.0. The van der Waals surface area contributed by atoms with Crippen LogP contribution in [0.15, 0.2) is 11.2 Å². The van der Waals surface area contributed by atoms with Gasteiger partial charge in [-0.2, -0.15) is 0 Å². The second-order valence-corrected chi connectivity index (χ2v) is 6.34. The molecule has 0 bridgehead atoms. The summed E-state index contributed by atoms with van der Waals surface area (Å²) >= 11 is 1.78. The van der Waals surface area contributed by atoms with E-state index in [-0.39, 0.29) is 29.6 Å². The van der Waals surface area contributed by atoms with Gasteiger partial charge in [0, 0.05) is 44.7 Å². The van der Waals surface area contributed by atoms with Crippen molar-refractivity contribution in [2.24, 2.45) is 4.99 Å². The highest BCUT2D eigenvalue weighted by Gasteiger charge is 2.16.